The molecule has 4 heteroatoms. The molecule has 0 fully saturated rings. The average Bonchev–Trinajstić information content (AvgIpc) is 2.32. The van der Waals surface area contributed by atoms with Crippen LogP contribution in [0.15, 0.2) is 24.3 Å². The molecule has 0 aliphatic carbocycles. The van der Waals surface area contributed by atoms with Crippen molar-refractivity contribution in [2.45, 2.75) is 45.1 Å². The number of rotatable bonds is 7. The number of anilines is 1. The summed E-state index contributed by atoms with van der Waals surface area (Å²) in [6.07, 6.45) is 2.87. The minimum absolute atomic E-state index is 0.610. The highest BCUT2D eigenvalue weighted by molar-refractivity contribution is 6.30. The van der Waals surface area contributed by atoms with E-state index in [9.17, 15) is 9.90 Å². The lowest BCUT2D eigenvalue weighted by atomic mass is 9.88. The Morgan fingerprint density at radius 2 is 1.72 bits per heavy atom. The summed E-state index contributed by atoms with van der Waals surface area (Å²) in [6, 6.07) is 7.14. The second kappa shape index (κ2) is 6.64. The van der Waals surface area contributed by atoms with E-state index in [0.717, 1.165) is 18.5 Å². The van der Waals surface area contributed by atoms with E-state index in [2.05, 4.69) is 5.32 Å². The molecule has 0 heterocycles. The fraction of sp³-hybridized carbons (Fsp3) is 0.500. The Kier molecular flexibility index (Phi) is 5.48. The summed E-state index contributed by atoms with van der Waals surface area (Å²) in [6.45, 7) is 3.99. The fourth-order valence-electron chi connectivity index (χ4n) is 2.18. The van der Waals surface area contributed by atoms with E-state index >= 15 is 0 Å². The van der Waals surface area contributed by atoms with Crippen LogP contribution in [0, 0.1) is 0 Å². The molecule has 0 spiro atoms. The highest BCUT2D eigenvalue weighted by Crippen LogP contribution is 2.26. The number of hydrogen-bond donors (Lipinski definition) is 2. The quantitative estimate of drug-likeness (QED) is 0.781. The lowest BCUT2D eigenvalue weighted by Crippen LogP contribution is -2.46. The van der Waals surface area contributed by atoms with Gasteiger partial charge in [0.2, 0.25) is 0 Å². The molecule has 1 aromatic rings. The van der Waals surface area contributed by atoms with Crippen LogP contribution < -0.4 is 5.32 Å². The van der Waals surface area contributed by atoms with Crippen LogP contribution >= 0.6 is 11.6 Å². The second-order valence-corrected chi connectivity index (χ2v) is 4.96. The standard InChI is InChI=1S/C14H20ClNO2/c1-3-9-14(10-4-2,13(17)18)16-12-7-5-11(15)6-8-12/h5-8,16H,3-4,9-10H2,1-2H3,(H,17,18). The number of halogens is 1. The van der Waals surface area contributed by atoms with Crippen LogP contribution in [0.3, 0.4) is 0 Å². The number of carbonyl (C=O) groups is 1. The van der Waals surface area contributed by atoms with Crippen molar-refractivity contribution >= 4 is 23.3 Å². The van der Waals surface area contributed by atoms with Gasteiger partial charge in [-0.3, -0.25) is 0 Å². The van der Waals surface area contributed by atoms with Crippen molar-refractivity contribution in [2.75, 3.05) is 5.32 Å². The SMILES string of the molecule is CCCC(CCC)(Nc1ccc(Cl)cc1)C(=O)O. The lowest BCUT2D eigenvalue weighted by Gasteiger charge is -2.31. The molecule has 0 atom stereocenters. The number of nitrogens with one attached hydrogen (secondary N) is 1. The molecule has 1 rings (SSSR count). The number of aliphatic carboxylic acids is 1. The van der Waals surface area contributed by atoms with E-state index in [-0.39, 0.29) is 0 Å². The maximum Gasteiger partial charge on any atom is 0.329 e. The molecule has 0 amide bonds. The average molecular weight is 270 g/mol. The largest absolute Gasteiger partial charge is 0.480 e. The molecular formula is C14H20ClNO2. The summed E-state index contributed by atoms with van der Waals surface area (Å²) in [5.41, 5.74) is -0.0826. The van der Waals surface area contributed by atoms with Gasteiger partial charge in [0.1, 0.15) is 5.54 Å². The topological polar surface area (TPSA) is 49.3 Å². The van der Waals surface area contributed by atoms with Crippen molar-refractivity contribution < 1.29 is 9.90 Å². The van der Waals surface area contributed by atoms with Gasteiger partial charge in [-0.25, -0.2) is 4.79 Å². The Balaban J connectivity index is 2.95. The maximum absolute atomic E-state index is 11.6. The van der Waals surface area contributed by atoms with Crippen LogP contribution in [-0.4, -0.2) is 16.6 Å². The molecule has 0 saturated carbocycles. The molecule has 18 heavy (non-hydrogen) atoms. The maximum atomic E-state index is 11.6. The van der Waals surface area contributed by atoms with E-state index in [4.69, 9.17) is 11.6 Å². The molecule has 0 bridgehead atoms. The predicted molar refractivity (Wildman–Crippen MR) is 75.3 cm³/mol. The number of carboxylic acids is 1. The van der Waals surface area contributed by atoms with Gasteiger partial charge in [-0.15, -0.1) is 0 Å². The first-order valence-corrected chi connectivity index (χ1v) is 6.69. The van der Waals surface area contributed by atoms with Crippen LogP contribution in [0.2, 0.25) is 5.02 Å². The fourth-order valence-corrected chi connectivity index (χ4v) is 2.31. The minimum atomic E-state index is -0.878. The number of hydrogen-bond acceptors (Lipinski definition) is 2. The Bertz CT molecular complexity index is 383. The predicted octanol–water partition coefficient (Wildman–Crippen LogP) is 4.18. The molecule has 0 aliphatic heterocycles. The summed E-state index contributed by atoms with van der Waals surface area (Å²) in [5, 5.41) is 13.3. The van der Waals surface area contributed by atoms with Crippen LogP contribution in [0.25, 0.3) is 0 Å². The van der Waals surface area contributed by atoms with Gasteiger partial charge in [-0.2, -0.15) is 0 Å². The highest BCUT2D eigenvalue weighted by atomic mass is 35.5. The molecule has 0 aromatic heterocycles. The smallest absolute Gasteiger partial charge is 0.329 e. The zero-order valence-electron chi connectivity index (χ0n) is 10.9. The number of carboxylic acid groups (broad SMARTS) is 1. The molecule has 0 radical (unpaired) electrons. The summed E-state index contributed by atoms with van der Waals surface area (Å²) < 4.78 is 0. The third kappa shape index (κ3) is 3.64. The van der Waals surface area contributed by atoms with Crippen molar-refractivity contribution in [3.05, 3.63) is 29.3 Å². The van der Waals surface area contributed by atoms with Crippen molar-refractivity contribution in [1.82, 2.24) is 0 Å². The summed E-state index contributed by atoms with van der Waals surface area (Å²) in [4.78, 5) is 11.6. The van der Waals surface area contributed by atoms with Gasteiger partial charge in [0, 0.05) is 10.7 Å². The summed E-state index contributed by atoms with van der Waals surface area (Å²) in [7, 11) is 0. The highest BCUT2D eigenvalue weighted by Gasteiger charge is 2.36. The third-order valence-electron chi connectivity index (χ3n) is 2.99. The molecule has 0 unspecified atom stereocenters. The van der Waals surface area contributed by atoms with Gasteiger partial charge in [-0.05, 0) is 37.1 Å². The van der Waals surface area contributed by atoms with Crippen molar-refractivity contribution in [1.29, 1.82) is 0 Å². The first-order chi connectivity index (χ1) is 8.54. The first-order valence-electron chi connectivity index (χ1n) is 6.31. The Labute approximate surface area is 113 Å². The molecule has 0 saturated heterocycles. The van der Waals surface area contributed by atoms with Crippen molar-refractivity contribution in [3.8, 4) is 0 Å². The van der Waals surface area contributed by atoms with Gasteiger partial charge in [0.05, 0.1) is 0 Å². The Morgan fingerprint density at radius 1 is 1.22 bits per heavy atom. The molecule has 100 valence electrons. The van der Waals surface area contributed by atoms with E-state index in [1.807, 2.05) is 26.0 Å². The van der Waals surface area contributed by atoms with E-state index < -0.39 is 11.5 Å². The second-order valence-electron chi connectivity index (χ2n) is 4.52. The first kappa shape index (κ1) is 14.8. The van der Waals surface area contributed by atoms with Gasteiger partial charge < -0.3 is 10.4 Å². The van der Waals surface area contributed by atoms with Crippen LogP contribution in [-0.2, 0) is 4.79 Å². The molecular weight excluding hydrogens is 250 g/mol. The van der Waals surface area contributed by atoms with Gasteiger partial charge in [-0.1, -0.05) is 38.3 Å². The van der Waals surface area contributed by atoms with E-state index in [1.165, 1.54) is 0 Å². The Morgan fingerprint density at radius 3 is 2.11 bits per heavy atom. The molecule has 3 nitrogen and oxygen atoms in total. The van der Waals surface area contributed by atoms with Crippen LogP contribution in [0.4, 0.5) is 5.69 Å². The van der Waals surface area contributed by atoms with Gasteiger partial charge in [0.25, 0.3) is 0 Å². The monoisotopic (exact) mass is 269 g/mol. The zero-order valence-corrected chi connectivity index (χ0v) is 11.6. The summed E-state index contributed by atoms with van der Waals surface area (Å²) >= 11 is 5.82. The van der Waals surface area contributed by atoms with Crippen molar-refractivity contribution in [3.63, 3.8) is 0 Å². The third-order valence-corrected chi connectivity index (χ3v) is 3.24. The lowest BCUT2D eigenvalue weighted by molar-refractivity contribution is -0.142. The van der Waals surface area contributed by atoms with Gasteiger partial charge in [0.15, 0.2) is 0 Å². The molecule has 2 N–H and O–H groups in total. The van der Waals surface area contributed by atoms with E-state index in [0.29, 0.717) is 17.9 Å². The normalized spacial score (nSPS) is 11.3. The van der Waals surface area contributed by atoms with Crippen LogP contribution in [0.5, 0.6) is 0 Å². The van der Waals surface area contributed by atoms with Crippen molar-refractivity contribution in [2.24, 2.45) is 0 Å². The van der Waals surface area contributed by atoms with Crippen LogP contribution in [0.1, 0.15) is 39.5 Å². The Hall–Kier alpha value is -1.22. The minimum Gasteiger partial charge on any atom is -0.480 e. The van der Waals surface area contributed by atoms with Gasteiger partial charge >= 0.3 is 5.97 Å². The molecule has 0 aliphatic rings. The molecule has 1 aromatic carbocycles. The van der Waals surface area contributed by atoms with E-state index in [1.54, 1.807) is 12.1 Å². The zero-order chi connectivity index (χ0) is 13.6. The summed E-state index contributed by atoms with van der Waals surface area (Å²) in [5.74, 6) is -0.791. The number of benzene rings is 1.